The second-order valence-electron chi connectivity index (χ2n) is 6.56. The van der Waals surface area contributed by atoms with Crippen molar-refractivity contribution in [3.8, 4) is 5.75 Å². The van der Waals surface area contributed by atoms with Gasteiger partial charge in [-0.25, -0.2) is 0 Å². The van der Waals surface area contributed by atoms with E-state index in [1.807, 2.05) is 0 Å². The highest BCUT2D eigenvalue weighted by Crippen LogP contribution is 2.21. The summed E-state index contributed by atoms with van der Waals surface area (Å²) in [6.45, 7) is 1.71. The summed E-state index contributed by atoms with van der Waals surface area (Å²) < 4.78 is 5.06. The highest BCUT2D eigenvalue weighted by molar-refractivity contribution is 6.30. The van der Waals surface area contributed by atoms with Crippen LogP contribution in [-0.4, -0.2) is 30.5 Å². The molecule has 144 valence electrons. The van der Waals surface area contributed by atoms with Gasteiger partial charge in [0.25, 0.3) is 0 Å². The van der Waals surface area contributed by atoms with E-state index in [0.29, 0.717) is 28.3 Å². The van der Waals surface area contributed by atoms with Crippen molar-refractivity contribution in [2.75, 3.05) is 13.7 Å². The summed E-state index contributed by atoms with van der Waals surface area (Å²) in [6, 6.07) is 13.7. The molecule has 2 N–H and O–H groups in total. The number of ketones is 1. The smallest absolute Gasteiger partial charge is 0.220 e. The van der Waals surface area contributed by atoms with E-state index in [0.717, 1.165) is 0 Å². The predicted molar refractivity (Wildman–Crippen MR) is 105 cm³/mol. The van der Waals surface area contributed by atoms with E-state index in [-0.39, 0.29) is 31.1 Å². The molecule has 2 aromatic carbocycles. The Bertz CT molecular complexity index is 770. The fraction of sp³-hybridized carbons (Fsp3) is 0.333. The van der Waals surface area contributed by atoms with E-state index in [2.05, 4.69) is 5.32 Å². The molecule has 0 aliphatic carbocycles. The average Bonchev–Trinajstić information content (AvgIpc) is 2.67. The summed E-state index contributed by atoms with van der Waals surface area (Å²) in [6.07, 6.45) is 0.950. The molecule has 0 saturated heterocycles. The quantitative estimate of drug-likeness (QED) is 0.641. The van der Waals surface area contributed by atoms with E-state index in [9.17, 15) is 14.7 Å². The van der Waals surface area contributed by atoms with E-state index in [1.54, 1.807) is 62.6 Å². The first-order valence-corrected chi connectivity index (χ1v) is 9.12. The number of hydrogen-bond donors (Lipinski definition) is 2. The first kappa shape index (κ1) is 20.9. The standard InChI is InChI=1S/C21H24ClNO4/c1-21(26,16-8-10-17(22)11-9-16)14-23-20(25)5-3-4-19(24)15-6-12-18(27-2)13-7-15/h6-13,26H,3-5,14H2,1-2H3,(H,23,25). The van der Waals surface area contributed by atoms with Gasteiger partial charge in [-0.3, -0.25) is 9.59 Å². The summed E-state index contributed by atoms with van der Waals surface area (Å²) in [5, 5.41) is 13.8. The largest absolute Gasteiger partial charge is 0.497 e. The third kappa shape index (κ3) is 6.38. The molecule has 5 nitrogen and oxygen atoms in total. The summed E-state index contributed by atoms with van der Waals surface area (Å²) >= 11 is 5.85. The van der Waals surface area contributed by atoms with Crippen LogP contribution >= 0.6 is 11.6 Å². The lowest BCUT2D eigenvalue weighted by Gasteiger charge is -2.24. The number of ether oxygens (including phenoxy) is 1. The van der Waals surface area contributed by atoms with Gasteiger partial charge in [-0.1, -0.05) is 23.7 Å². The van der Waals surface area contributed by atoms with Gasteiger partial charge in [0.2, 0.25) is 5.91 Å². The van der Waals surface area contributed by atoms with E-state index in [4.69, 9.17) is 16.3 Å². The van der Waals surface area contributed by atoms with E-state index < -0.39 is 5.60 Å². The Morgan fingerprint density at radius 2 is 1.70 bits per heavy atom. The van der Waals surface area contributed by atoms with Crippen molar-refractivity contribution >= 4 is 23.3 Å². The number of Topliss-reactive ketones (excluding diaryl/α,β-unsaturated/α-hetero) is 1. The van der Waals surface area contributed by atoms with Crippen LogP contribution in [0.1, 0.15) is 42.1 Å². The average molecular weight is 390 g/mol. The monoisotopic (exact) mass is 389 g/mol. The number of methoxy groups -OCH3 is 1. The number of carbonyl (C=O) groups excluding carboxylic acids is 2. The maximum atomic E-state index is 12.1. The topological polar surface area (TPSA) is 75.6 Å². The Hall–Kier alpha value is -2.37. The summed E-state index contributed by atoms with van der Waals surface area (Å²) in [4.78, 5) is 24.1. The zero-order chi connectivity index (χ0) is 19.9. The molecule has 2 aromatic rings. The second-order valence-corrected chi connectivity index (χ2v) is 7.00. The molecule has 0 saturated carbocycles. The number of rotatable bonds is 9. The Balaban J connectivity index is 1.75. The molecule has 0 aromatic heterocycles. The van der Waals surface area contributed by atoms with Crippen molar-refractivity contribution in [3.05, 3.63) is 64.7 Å². The lowest BCUT2D eigenvalue weighted by molar-refractivity contribution is -0.122. The summed E-state index contributed by atoms with van der Waals surface area (Å²) in [5.74, 6) is 0.476. The minimum absolute atomic E-state index is 0.0152. The van der Waals surface area contributed by atoms with Gasteiger partial charge in [0.15, 0.2) is 5.78 Å². The number of nitrogens with one attached hydrogen (secondary N) is 1. The third-order valence-corrected chi connectivity index (χ3v) is 4.57. The Labute approximate surface area is 164 Å². The van der Waals surface area contributed by atoms with E-state index >= 15 is 0 Å². The van der Waals surface area contributed by atoms with Crippen LogP contribution < -0.4 is 10.1 Å². The summed E-state index contributed by atoms with van der Waals surface area (Å²) in [7, 11) is 1.57. The molecular formula is C21H24ClNO4. The van der Waals surface area contributed by atoms with Crippen molar-refractivity contribution < 1.29 is 19.4 Å². The van der Waals surface area contributed by atoms with Gasteiger partial charge in [0.1, 0.15) is 11.4 Å². The normalized spacial score (nSPS) is 12.9. The third-order valence-electron chi connectivity index (χ3n) is 4.32. The van der Waals surface area contributed by atoms with Gasteiger partial charge in [-0.05, 0) is 55.3 Å². The van der Waals surface area contributed by atoms with Crippen LogP contribution in [0.4, 0.5) is 0 Å². The Morgan fingerprint density at radius 3 is 2.30 bits per heavy atom. The van der Waals surface area contributed by atoms with Crippen LogP contribution in [0.25, 0.3) is 0 Å². The predicted octanol–water partition coefficient (Wildman–Crippen LogP) is 3.73. The zero-order valence-electron chi connectivity index (χ0n) is 15.5. The molecule has 6 heteroatoms. The van der Waals surface area contributed by atoms with E-state index in [1.165, 1.54) is 0 Å². The lowest BCUT2D eigenvalue weighted by Crippen LogP contribution is -2.38. The number of aliphatic hydroxyl groups is 1. The van der Waals surface area contributed by atoms with Gasteiger partial charge in [-0.15, -0.1) is 0 Å². The van der Waals surface area contributed by atoms with Gasteiger partial charge in [0, 0.05) is 23.4 Å². The molecular weight excluding hydrogens is 366 g/mol. The van der Waals surface area contributed by atoms with Gasteiger partial charge in [-0.2, -0.15) is 0 Å². The van der Waals surface area contributed by atoms with Crippen LogP contribution in [0.15, 0.2) is 48.5 Å². The molecule has 0 aliphatic heterocycles. The molecule has 2 rings (SSSR count). The number of benzene rings is 2. The van der Waals surface area contributed by atoms with Crippen molar-refractivity contribution in [3.63, 3.8) is 0 Å². The highest BCUT2D eigenvalue weighted by atomic mass is 35.5. The highest BCUT2D eigenvalue weighted by Gasteiger charge is 2.23. The van der Waals surface area contributed by atoms with Crippen LogP contribution in [0.3, 0.4) is 0 Å². The van der Waals surface area contributed by atoms with Crippen LogP contribution in [0, 0.1) is 0 Å². The number of hydrogen-bond acceptors (Lipinski definition) is 4. The lowest BCUT2D eigenvalue weighted by atomic mass is 9.96. The molecule has 1 unspecified atom stereocenters. The second kappa shape index (κ2) is 9.53. The zero-order valence-corrected chi connectivity index (χ0v) is 16.3. The maximum absolute atomic E-state index is 12.1. The van der Waals surface area contributed by atoms with Gasteiger partial charge in [0.05, 0.1) is 13.7 Å². The molecule has 0 fully saturated rings. The molecule has 0 radical (unpaired) electrons. The molecule has 0 bridgehead atoms. The number of halogens is 1. The van der Waals surface area contributed by atoms with Crippen molar-refractivity contribution in [2.24, 2.45) is 0 Å². The molecule has 1 amide bonds. The Morgan fingerprint density at radius 1 is 1.07 bits per heavy atom. The summed E-state index contributed by atoms with van der Waals surface area (Å²) in [5.41, 5.74) is 0.0721. The molecule has 0 heterocycles. The SMILES string of the molecule is COc1ccc(C(=O)CCCC(=O)NCC(C)(O)c2ccc(Cl)cc2)cc1. The van der Waals surface area contributed by atoms with Crippen LogP contribution in [-0.2, 0) is 10.4 Å². The molecule has 0 spiro atoms. The van der Waals surface area contributed by atoms with Crippen molar-refractivity contribution in [2.45, 2.75) is 31.8 Å². The number of carbonyl (C=O) groups is 2. The number of amides is 1. The Kier molecular flexibility index (Phi) is 7.39. The minimum atomic E-state index is -1.20. The fourth-order valence-corrected chi connectivity index (χ4v) is 2.73. The van der Waals surface area contributed by atoms with Gasteiger partial charge >= 0.3 is 0 Å². The van der Waals surface area contributed by atoms with Gasteiger partial charge < -0.3 is 15.2 Å². The molecule has 1 atom stereocenters. The van der Waals surface area contributed by atoms with Crippen molar-refractivity contribution in [1.29, 1.82) is 0 Å². The molecule has 0 aliphatic rings. The fourth-order valence-electron chi connectivity index (χ4n) is 2.60. The minimum Gasteiger partial charge on any atom is -0.497 e. The first-order valence-electron chi connectivity index (χ1n) is 8.74. The maximum Gasteiger partial charge on any atom is 0.220 e. The molecule has 27 heavy (non-hydrogen) atoms. The first-order chi connectivity index (χ1) is 12.8. The van der Waals surface area contributed by atoms with Crippen molar-refractivity contribution in [1.82, 2.24) is 5.32 Å². The van der Waals surface area contributed by atoms with Crippen LogP contribution in [0.2, 0.25) is 5.02 Å². The van der Waals surface area contributed by atoms with Crippen LogP contribution in [0.5, 0.6) is 5.75 Å².